The van der Waals surface area contributed by atoms with E-state index >= 15 is 0 Å². The van der Waals surface area contributed by atoms with Crippen LogP contribution in [-0.2, 0) is 21.7 Å². The minimum atomic E-state index is 0.00239. The molecule has 0 fully saturated rings. The number of aromatic nitrogens is 1. The Morgan fingerprint density at radius 3 is 1.67 bits per heavy atom. The lowest BCUT2D eigenvalue weighted by Crippen LogP contribution is -2.26. The van der Waals surface area contributed by atoms with Crippen LogP contribution >= 0.6 is 0 Å². The molecule has 0 saturated heterocycles. The van der Waals surface area contributed by atoms with Crippen molar-refractivity contribution in [2.45, 2.75) is 104 Å². The first-order valence-corrected chi connectivity index (χ1v) is 10.2. The molecule has 2 aromatic heterocycles. The third-order valence-electron chi connectivity index (χ3n) is 5.60. The summed E-state index contributed by atoms with van der Waals surface area (Å²) in [5.41, 5.74) is 2.49. The molecular formula is C25H39NO. The molecule has 2 aromatic rings. The number of furan rings is 1. The average molecular weight is 370 g/mol. The Labute approximate surface area is 166 Å². The lowest BCUT2D eigenvalue weighted by Gasteiger charge is -2.31. The highest BCUT2D eigenvalue weighted by atomic mass is 16.3. The normalized spacial score (nSPS) is 13.9. The van der Waals surface area contributed by atoms with Crippen LogP contribution in [0.15, 0.2) is 34.7 Å². The van der Waals surface area contributed by atoms with Gasteiger partial charge in [-0.3, -0.25) is 4.98 Å². The molecule has 0 amide bonds. The summed E-state index contributed by atoms with van der Waals surface area (Å²) >= 11 is 0. The van der Waals surface area contributed by atoms with Gasteiger partial charge in [-0.25, -0.2) is 0 Å². The van der Waals surface area contributed by atoms with Gasteiger partial charge >= 0.3 is 0 Å². The van der Waals surface area contributed by atoms with E-state index in [4.69, 9.17) is 9.40 Å². The summed E-state index contributed by atoms with van der Waals surface area (Å²) in [4.78, 5) is 5.00. The van der Waals surface area contributed by atoms with Crippen LogP contribution in [0.1, 0.15) is 105 Å². The first-order chi connectivity index (χ1) is 12.1. The van der Waals surface area contributed by atoms with E-state index in [-0.39, 0.29) is 21.7 Å². The molecule has 0 aromatic carbocycles. The van der Waals surface area contributed by atoms with E-state index < -0.39 is 0 Å². The first kappa shape index (κ1) is 21.7. The Morgan fingerprint density at radius 1 is 0.630 bits per heavy atom. The Kier molecular flexibility index (Phi) is 5.72. The molecule has 2 heteroatoms. The molecule has 0 bridgehead atoms. The maximum absolute atomic E-state index is 6.23. The molecule has 2 nitrogen and oxygen atoms in total. The van der Waals surface area contributed by atoms with Crippen LogP contribution in [0.3, 0.4) is 0 Å². The highest BCUT2D eigenvalue weighted by Gasteiger charge is 2.31. The molecule has 0 aliphatic heterocycles. The van der Waals surface area contributed by atoms with Crippen LogP contribution in [-0.4, -0.2) is 4.98 Å². The van der Waals surface area contributed by atoms with Crippen molar-refractivity contribution in [3.05, 3.63) is 53.2 Å². The predicted octanol–water partition coefficient (Wildman–Crippen LogP) is 7.31. The summed E-state index contributed by atoms with van der Waals surface area (Å²) in [5, 5.41) is 0. The number of hydrogen-bond acceptors (Lipinski definition) is 2. The van der Waals surface area contributed by atoms with Crippen LogP contribution in [0.25, 0.3) is 0 Å². The molecular weight excluding hydrogens is 330 g/mol. The van der Waals surface area contributed by atoms with Gasteiger partial charge in [0.25, 0.3) is 0 Å². The fraction of sp³-hybridized carbons (Fsp3) is 0.640. The lowest BCUT2D eigenvalue weighted by molar-refractivity contribution is 0.295. The number of rotatable bonds is 5. The predicted molar refractivity (Wildman–Crippen MR) is 116 cm³/mol. The highest BCUT2D eigenvalue weighted by Crippen LogP contribution is 2.38. The van der Waals surface area contributed by atoms with E-state index in [1.165, 1.54) is 5.69 Å². The van der Waals surface area contributed by atoms with Crippen molar-refractivity contribution >= 4 is 0 Å². The fourth-order valence-corrected chi connectivity index (χ4v) is 3.21. The molecule has 0 atom stereocenters. The SMILES string of the molecule is CC(C)(C)c1cccc(C(C)(C)CCC(C)(C)c2ccc(C(C)(C)C)o2)n1. The van der Waals surface area contributed by atoms with Crippen molar-refractivity contribution in [1.29, 1.82) is 0 Å². The summed E-state index contributed by atoms with van der Waals surface area (Å²) < 4.78 is 6.23. The fourth-order valence-electron chi connectivity index (χ4n) is 3.21. The summed E-state index contributed by atoms with van der Waals surface area (Å²) in [5.74, 6) is 2.14. The van der Waals surface area contributed by atoms with Gasteiger partial charge in [-0.1, -0.05) is 75.3 Å². The van der Waals surface area contributed by atoms with Gasteiger partial charge in [-0.2, -0.15) is 0 Å². The molecule has 0 unspecified atom stereocenters. The van der Waals surface area contributed by atoms with E-state index in [0.29, 0.717) is 0 Å². The Bertz CT molecular complexity index is 766. The highest BCUT2D eigenvalue weighted by molar-refractivity contribution is 5.23. The number of nitrogens with zero attached hydrogens (tertiary/aromatic N) is 1. The van der Waals surface area contributed by atoms with Gasteiger partial charge in [0, 0.05) is 33.0 Å². The standard InChI is InChI=1S/C25H39NO/c1-22(2,3)18-12-11-13-19(26-18)24(7,8)16-17-25(9,10)21-15-14-20(27-21)23(4,5)6/h11-15H,16-17H2,1-10H3. The largest absolute Gasteiger partial charge is 0.465 e. The van der Waals surface area contributed by atoms with E-state index in [9.17, 15) is 0 Å². The quantitative estimate of drug-likeness (QED) is 0.552. The van der Waals surface area contributed by atoms with Crippen molar-refractivity contribution in [3.8, 4) is 0 Å². The molecule has 0 saturated carbocycles. The molecule has 0 N–H and O–H groups in total. The molecule has 27 heavy (non-hydrogen) atoms. The van der Waals surface area contributed by atoms with Crippen molar-refractivity contribution in [2.75, 3.05) is 0 Å². The summed E-state index contributed by atoms with van der Waals surface area (Å²) in [6.45, 7) is 22.4. The first-order valence-electron chi connectivity index (χ1n) is 10.2. The smallest absolute Gasteiger partial charge is 0.109 e. The minimum Gasteiger partial charge on any atom is -0.465 e. The molecule has 0 radical (unpaired) electrons. The van der Waals surface area contributed by atoms with Gasteiger partial charge < -0.3 is 4.42 Å². The van der Waals surface area contributed by atoms with E-state index in [2.05, 4.69) is 99.6 Å². The lowest BCUT2D eigenvalue weighted by atomic mass is 9.76. The van der Waals surface area contributed by atoms with Gasteiger partial charge in [0.2, 0.25) is 0 Å². The topological polar surface area (TPSA) is 26.0 Å². The zero-order chi connectivity index (χ0) is 20.7. The van der Waals surface area contributed by atoms with E-state index in [1.54, 1.807) is 0 Å². The van der Waals surface area contributed by atoms with Crippen molar-refractivity contribution < 1.29 is 4.42 Å². The van der Waals surface area contributed by atoms with Crippen LogP contribution in [0.4, 0.5) is 0 Å². The van der Waals surface area contributed by atoms with E-state index in [0.717, 1.165) is 30.1 Å². The Balaban J connectivity index is 2.17. The van der Waals surface area contributed by atoms with Crippen molar-refractivity contribution in [2.24, 2.45) is 0 Å². The van der Waals surface area contributed by atoms with Crippen molar-refractivity contribution in [1.82, 2.24) is 4.98 Å². The maximum atomic E-state index is 6.23. The maximum Gasteiger partial charge on any atom is 0.109 e. The number of hydrogen-bond donors (Lipinski definition) is 0. The average Bonchev–Trinajstić information content (AvgIpc) is 3.04. The molecule has 2 rings (SSSR count). The number of pyridine rings is 1. The van der Waals surface area contributed by atoms with Gasteiger partial charge in [0.1, 0.15) is 11.5 Å². The van der Waals surface area contributed by atoms with Gasteiger partial charge in [0.05, 0.1) is 0 Å². The zero-order valence-corrected chi connectivity index (χ0v) is 19.2. The van der Waals surface area contributed by atoms with E-state index in [1.807, 2.05) is 0 Å². The molecule has 0 aliphatic rings. The van der Waals surface area contributed by atoms with Crippen molar-refractivity contribution in [3.63, 3.8) is 0 Å². The minimum absolute atomic E-state index is 0.00239. The molecule has 0 spiro atoms. The monoisotopic (exact) mass is 369 g/mol. The van der Waals surface area contributed by atoms with Crippen LogP contribution in [0, 0.1) is 0 Å². The van der Waals surface area contributed by atoms with Gasteiger partial charge in [-0.15, -0.1) is 0 Å². The Morgan fingerprint density at radius 2 is 1.15 bits per heavy atom. The summed E-state index contributed by atoms with van der Waals surface area (Å²) in [6.07, 6.45) is 2.12. The zero-order valence-electron chi connectivity index (χ0n) is 19.2. The third kappa shape index (κ3) is 5.24. The second-order valence-corrected chi connectivity index (χ2v) is 11.3. The summed E-state index contributed by atoms with van der Waals surface area (Å²) in [6, 6.07) is 10.8. The molecule has 150 valence electrons. The van der Waals surface area contributed by atoms with Gasteiger partial charge in [0.15, 0.2) is 0 Å². The van der Waals surface area contributed by atoms with Crippen LogP contribution < -0.4 is 0 Å². The van der Waals surface area contributed by atoms with Gasteiger partial charge in [-0.05, 0) is 37.1 Å². The molecule has 2 heterocycles. The second kappa shape index (κ2) is 7.11. The third-order valence-corrected chi connectivity index (χ3v) is 5.60. The summed E-state index contributed by atoms with van der Waals surface area (Å²) in [7, 11) is 0. The van der Waals surface area contributed by atoms with Crippen LogP contribution in [0.2, 0.25) is 0 Å². The second-order valence-electron chi connectivity index (χ2n) is 11.3. The molecule has 0 aliphatic carbocycles. The van der Waals surface area contributed by atoms with Crippen LogP contribution in [0.5, 0.6) is 0 Å². The Hall–Kier alpha value is -1.57.